The second-order valence-electron chi connectivity index (χ2n) is 4.66. The first kappa shape index (κ1) is 13.8. The van der Waals surface area contributed by atoms with Gasteiger partial charge in [0.1, 0.15) is 0 Å². The molecule has 0 radical (unpaired) electrons. The molecule has 0 saturated carbocycles. The first-order valence-corrected chi connectivity index (χ1v) is 6.42. The largest absolute Gasteiger partial charge is 0.310 e. The highest BCUT2D eigenvalue weighted by atomic mass is 35.5. The summed E-state index contributed by atoms with van der Waals surface area (Å²) in [6.45, 7) is 7.51. The van der Waals surface area contributed by atoms with E-state index in [0.29, 0.717) is 16.1 Å². The lowest BCUT2D eigenvalue weighted by Gasteiger charge is -2.16. The number of hydrogen-bond acceptors (Lipinski definition) is 1. The van der Waals surface area contributed by atoms with E-state index >= 15 is 0 Å². The van der Waals surface area contributed by atoms with Crippen molar-refractivity contribution in [3.8, 4) is 0 Å². The number of halogens is 2. The minimum absolute atomic E-state index is 0.523. The van der Waals surface area contributed by atoms with Gasteiger partial charge in [0.2, 0.25) is 0 Å². The predicted molar refractivity (Wildman–Crippen MR) is 72.2 cm³/mol. The molecule has 1 unspecified atom stereocenters. The number of hydrogen-bond donors (Lipinski definition) is 1. The SMILES string of the molecule is CC(C)CC(C)NCc1ccc(Cl)c(Cl)c1. The predicted octanol–water partition coefficient (Wildman–Crippen LogP) is 4.52. The first-order valence-electron chi connectivity index (χ1n) is 5.66. The summed E-state index contributed by atoms with van der Waals surface area (Å²) in [6.07, 6.45) is 1.18. The second kappa shape index (κ2) is 6.48. The molecule has 1 aromatic carbocycles. The topological polar surface area (TPSA) is 12.0 Å². The summed E-state index contributed by atoms with van der Waals surface area (Å²) >= 11 is 11.8. The Morgan fingerprint density at radius 1 is 1.12 bits per heavy atom. The summed E-state index contributed by atoms with van der Waals surface area (Å²) < 4.78 is 0. The molecule has 0 aliphatic heterocycles. The summed E-state index contributed by atoms with van der Waals surface area (Å²) in [6, 6.07) is 6.28. The Bertz CT molecular complexity index is 337. The lowest BCUT2D eigenvalue weighted by Crippen LogP contribution is -2.26. The van der Waals surface area contributed by atoms with E-state index in [9.17, 15) is 0 Å². The van der Waals surface area contributed by atoms with E-state index in [1.807, 2.05) is 18.2 Å². The van der Waals surface area contributed by atoms with E-state index in [0.717, 1.165) is 12.5 Å². The third kappa shape index (κ3) is 4.73. The van der Waals surface area contributed by atoms with Crippen molar-refractivity contribution in [2.75, 3.05) is 0 Å². The van der Waals surface area contributed by atoms with Crippen LogP contribution in [0.25, 0.3) is 0 Å². The molecule has 0 fully saturated rings. The molecule has 90 valence electrons. The zero-order valence-corrected chi connectivity index (χ0v) is 11.6. The van der Waals surface area contributed by atoms with Crippen LogP contribution in [0, 0.1) is 5.92 Å². The maximum Gasteiger partial charge on any atom is 0.0595 e. The molecule has 1 aromatic rings. The van der Waals surface area contributed by atoms with Gasteiger partial charge in [0.05, 0.1) is 10.0 Å². The fourth-order valence-corrected chi connectivity index (χ4v) is 2.05. The van der Waals surface area contributed by atoms with E-state index in [4.69, 9.17) is 23.2 Å². The monoisotopic (exact) mass is 259 g/mol. The van der Waals surface area contributed by atoms with Crippen molar-refractivity contribution in [1.29, 1.82) is 0 Å². The van der Waals surface area contributed by atoms with E-state index in [-0.39, 0.29) is 0 Å². The molecule has 0 spiro atoms. The number of nitrogens with one attached hydrogen (secondary N) is 1. The lowest BCUT2D eigenvalue weighted by molar-refractivity contribution is 0.441. The molecule has 16 heavy (non-hydrogen) atoms. The Hall–Kier alpha value is -0.240. The van der Waals surface area contributed by atoms with Crippen molar-refractivity contribution in [3.63, 3.8) is 0 Å². The Morgan fingerprint density at radius 2 is 1.81 bits per heavy atom. The molecule has 1 rings (SSSR count). The molecule has 0 bridgehead atoms. The van der Waals surface area contributed by atoms with E-state index < -0.39 is 0 Å². The van der Waals surface area contributed by atoms with Gasteiger partial charge in [-0.3, -0.25) is 0 Å². The third-order valence-electron chi connectivity index (χ3n) is 2.46. The summed E-state index contributed by atoms with van der Waals surface area (Å²) in [5.41, 5.74) is 1.17. The molecule has 0 aliphatic rings. The maximum absolute atomic E-state index is 5.95. The Labute approximate surface area is 108 Å². The maximum atomic E-state index is 5.95. The minimum Gasteiger partial charge on any atom is -0.310 e. The Morgan fingerprint density at radius 3 is 2.38 bits per heavy atom. The average Bonchev–Trinajstić information content (AvgIpc) is 2.19. The van der Waals surface area contributed by atoms with Gasteiger partial charge in [0, 0.05) is 12.6 Å². The minimum atomic E-state index is 0.523. The molecule has 3 heteroatoms. The van der Waals surface area contributed by atoms with Crippen LogP contribution < -0.4 is 5.32 Å². The van der Waals surface area contributed by atoms with Crippen molar-refractivity contribution in [2.45, 2.75) is 39.8 Å². The fourth-order valence-electron chi connectivity index (χ4n) is 1.73. The molecule has 0 saturated heterocycles. The highest BCUT2D eigenvalue weighted by Gasteiger charge is 2.05. The van der Waals surface area contributed by atoms with Crippen molar-refractivity contribution < 1.29 is 0 Å². The van der Waals surface area contributed by atoms with E-state index in [1.165, 1.54) is 12.0 Å². The normalized spacial score (nSPS) is 13.1. The van der Waals surface area contributed by atoms with Gasteiger partial charge < -0.3 is 5.32 Å². The van der Waals surface area contributed by atoms with Crippen molar-refractivity contribution in [3.05, 3.63) is 33.8 Å². The first-order chi connectivity index (χ1) is 7.49. The van der Waals surface area contributed by atoms with Crippen LogP contribution in [0.3, 0.4) is 0 Å². The van der Waals surface area contributed by atoms with Crippen molar-refractivity contribution in [2.24, 2.45) is 5.92 Å². The van der Waals surface area contributed by atoms with Crippen LogP contribution in [-0.2, 0) is 6.54 Å². The Kier molecular flexibility index (Phi) is 5.60. The van der Waals surface area contributed by atoms with Crippen LogP contribution in [-0.4, -0.2) is 6.04 Å². The molecular weight excluding hydrogens is 241 g/mol. The highest BCUT2D eigenvalue weighted by Crippen LogP contribution is 2.22. The van der Waals surface area contributed by atoms with Gasteiger partial charge >= 0.3 is 0 Å². The molecule has 0 amide bonds. The van der Waals surface area contributed by atoms with Gasteiger partial charge in [-0.25, -0.2) is 0 Å². The zero-order chi connectivity index (χ0) is 12.1. The summed E-state index contributed by atoms with van der Waals surface area (Å²) in [5.74, 6) is 0.719. The number of benzene rings is 1. The summed E-state index contributed by atoms with van der Waals surface area (Å²) in [4.78, 5) is 0. The Balaban J connectivity index is 2.45. The van der Waals surface area contributed by atoms with Crippen LogP contribution in [0.2, 0.25) is 10.0 Å². The molecule has 1 nitrogen and oxygen atoms in total. The molecular formula is C13H19Cl2N. The summed E-state index contributed by atoms with van der Waals surface area (Å²) in [5, 5.41) is 4.71. The van der Waals surface area contributed by atoms with Crippen LogP contribution in [0.15, 0.2) is 18.2 Å². The fraction of sp³-hybridized carbons (Fsp3) is 0.538. The summed E-state index contributed by atoms with van der Waals surface area (Å²) in [7, 11) is 0. The van der Waals surface area contributed by atoms with Crippen LogP contribution >= 0.6 is 23.2 Å². The van der Waals surface area contributed by atoms with Gasteiger partial charge in [0.15, 0.2) is 0 Å². The van der Waals surface area contributed by atoms with Crippen molar-refractivity contribution in [1.82, 2.24) is 5.32 Å². The van der Waals surface area contributed by atoms with Gasteiger partial charge in [-0.15, -0.1) is 0 Å². The van der Waals surface area contributed by atoms with E-state index in [1.54, 1.807) is 0 Å². The van der Waals surface area contributed by atoms with Gasteiger partial charge in [-0.2, -0.15) is 0 Å². The average molecular weight is 260 g/mol. The molecule has 0 aliphatic carbocycles. The van der Waals surface area contributed by atoms with Crippen molar-refractivity contribution >= 4 is 23.2 Å². The molecule has 0 aromatic heterocycles. The smallest absolute Gasteiger partial charge is 0.0595 e. The second-order valence-corrected chi connectivity index (χ2v) is 5.47. The van der Waals surface area contributed by atoms with Gasteiger partial charge in [-0.1, -0.05) is 43.1 Å². The quantitative estimate of drug-likeness (QED) is 0.820. The molecule has 1 N–H and O–H groups in total. The molecule has 0 heterocycles. The van der Waals surface area contributed by atoms with E-state index in [2.05, 4.69) is 26.1 Å². The van der Waals surface area contributed by atoms with Crippen LogP contribution in [0.4, 0.5) is 0 Å². The van der Waals surface area contributed by atoms with Gasteiger partial charge in [-0.05, 0) is 37.0 Å². The molecule has 1 atom stereocenters. The van der Waals surface area contributed by atoms with Gasteiger partial charge in [0.25, 0.3) is 0 Å². The zero-order valence-electron chi connectivity index (χ0n) is 10.1. The standard InChI is InChI=1S/C13H19Cl2N/c1-9(2)6-10(3)16-8-11-4-5-12(14)13(15)7-11/h4-5,7,9-10,16H,6,8H2,1-3H3. The number of rotatable bonds is 5. The lowest BCUT2D eigenvalue weighted by atomic mass is 10.1. The highest BCUT2D eigenvalue weighted by molar-refractivity contribution is 6.42. The third-order valence-corrected chi connectivity index (χ3v) is 3.20. The van der Waals surface area contributed by atoms with Crippen LogP contribution in [0.1, 0.15) is 32.8 Å². The van der Waals surface area contributed by atoms with Crippen LogP contribution in [0.5, 0.6) is 0 Å².